The molecule has 0 radical (unpaired) electrons. The summed E-state index contributed by atoms with van der Waals surface area (Å²) < 4.78 is 6.08. The number of rotatable bonds is 4. The maximum Gasteiger partial charge on any atom is 0.411 e. The Labute approximate surface area is 186 Å². The smallest absolute Gasteiger partial charge is 0.411 e. The van der Waals surface area contributed by atoms with Gasteiger partial charge in [-0.25, -0.2) is 14.8 Å². The second kappa shape index (κ2) is 8.84. The topological polar surface area (TPSA) is 90.8 Å². The Morgan fingerprint density at radius 2 is 1.62 bits per heavy atom. The van der Waals surface area contributed by atoms with Gasteiger partial charge in [-0.15, -0.1) is 0 Å². The van der Waals surface area contributed by atoms with Crippen LogP contribution in [-0.4, -0.2) is 53.5 Å². The Morgan fingerprint density at radius 3 is 2.31 bits per heavy atom. The van der Waals surface area contributed by atoms with Gasteiger partial charge < -0.3 is 20.1 Å². The van der Waals surface area contributed by atoms with Gasteiger partial charge in [-0.2, -0.15) is 0 Å². The van der Waals surface area contributed by atoms with E-state index < -0.39 is 6.09 Å². The van der Waals surface area contributed by atoms with Crippen molar-refractivity contribution in [3.63, 3.8) is 0 Å². The fraction of sp³-hybridized carbons (Fsp3) is 0.292. The Bertz CT molecular complexity index is 1080. The summed E-state index contributed by atoms with van der Waals surface area (Å²) in [6, 6.07) is 15.4. The average molecular weight is 431 g/mol. The Morgan fingerprint density at radius 1 is 0.938 bits per heavy atom. The standard InChI is InChI=1S/C24H25N5O3/c30-24(31)29-14-13-28(21-3-1-2-4-22(21)29)23-26-15-18(16-27-23)17-5-7-19(8-6-17)32-20-9-11-25-12-10-20/h1-8,15-16,20,25H,9-14H2,(H,30,31). The summed E-state index contributed by atoms with van der Waals surface area (Å²) in [4.78, 5) is 24.0. The van der Waals surface area contributed by atoms with E-state index in [1.807, 2.05) is 47.4 Å². The number of benzene rings is 2. The summed E-state index contributed by atoms with van der Waals surface area (Å²) in [6.07, 6.45) is 4.98. The molecule has 2 aromatic carbocycles. The maximum atomic E-state index is 11.6. The van der Waals surface area contributed by atoms with Crippen molar-refractivity contribution in [2.45, 2.75) is 18.9 Å². The highest BCUT2D eigenvalue weighted by molar-refractivity contribution is 5.93. The van der Waals surface area contributed by atoms with Crippen molar-refractivity contribution in [3.8, 4) is 16.9 Å². The lowest BCUT2D eigenvalue weighted by Crippen LogP contribution is -2.42. The average Bonchev–Trinajstić information content (AvgIpc) is 2.84. The molecular formula is C24H25N5O3. The molecule has 0 unspecified atom stereocenters. The molecule has 0 aliphatic carbocycles. The number of nitrogens with one attached hydrogen (secondary N) is 1. The fourth-order valence-corrected chi connectivity index (χ4v) is 4.21. The minimum atomic E-state index is -0.957. The molecule has 1 aromatic heterocycles. The van der Waals surface area contributed by atoms with E-state index in [-0.39, 0.29) is 6.10 Å². The van der Waals surface area contributed by atoms with Gasteiger partial charge in [0.1, 0.15) is 11.9 Å². The van der Waals surface area contributed by atoms with Crippen LogP contribution in [0.1, 0.15) is 12.8 Å². The van der Waals surface area contributed by atoms with E-state index in [4.69, 9.17) is 4.74 Å². The highest BCUT2D eigenvalue weighted by Crippen LogP contribution is 2.36. The predicted octanol–water partition coefficient (Wildman–Crippen LogP) is 3.91. The molecule has 1 fully saturated rings. The van der Waals surface area contributed by atoms with Crippen LogP contribution >= 0.6 is 0 Å². The minimum absolute atomic E-state index is 0.272. The van der Waals surface area contributed by atoms with E-state index in [1.54, 1.807) is 18.5 Å². The van der Waals surface area contributed by atoms with Crippen LogP contribution in [0.5, 0.6) is 5.75 Å². The molecule has 0 saturated carbocycles. The van der Waals surface area contributed by atoms with Crippen molar-refractivity contribution in [1.82, 2.24) is 15.3 Å². The maximum absolute atomic E-state index is 11.6. The third-order valence-electron chi connectivity index (χ3n) is 5.90. The first-order valence-corrected chi connectivity index (χ1v) is 10.9. The first-order chi connectivity index (χ1) is 15.7. The largest absolute Gasteiger partial charge is 0.490 e. The molecule has 3 aromatic rings. The zero-order valence-corrected chi connectivity index (χ0v) is 17.6. The molecule has 0 atom stereocenters. The number of carboxylic acid groups (broad SMARTS) is 1. The zero-order chi connectivity index (χ0) is 21.9. The van der Waals surface area contributed by atoms with Gasteiger partial charge in [0.15, 0.2) is 0 Å². The Kier molecular flexibility index (Phi) is 5.60. The molecule has 3 heterocycles. The molecule has 32 heavy (non-hydrogen) atoms. The Hall–Kier alpha value is -3.65. The molecule has 0 spiro atoms. The van der Waals surface area contributed by atoms with Crippen molar-refractivity contribution in [2.75, 3.05) is 36.0 Å². The van der Waals surface area contributed by atoms with Crippen LogP contribution in [0.2, 0.25) is 0 Å². The molecular weight excluding hydrogens is 406 g/mol. The van der Waals surface area contributed by atoms with E-state index in [2.05, 4.69) is 15.3 Å². The third-order valence-corrected chi connectivity index (χ3v) is 5.90. The third kappa shape index (κ3) is 4.09. The molecule has 164 valence electrons. The van der Waals surface area contributed by atoms with Crippen molar-refractivity contribution in [2.24, 2.45) is 0 Å². The van der Waals surface area contributed by atoms with Crippen molar-refractivity contribution < 1.29 is 14.6 Å². The number of fused-ring (bicyclic) bond motifs is 1. The monoisotopic (exact) mass is 431 g/mol. The lowest BCUT2D eigenvalue weighted by Gasteiger charge is -2.34. The molecule has 2 aliphatic rings. The molecule has 2 aliphatic heterocycles. The molecule has 1 amide bonds. The van der Waals surface area contributed by atoms with Crippen molar-refractivity contribution in [3.05, 3.63) is 60.9 Å². The second-order valence-electron chi connectivity index (χ2n) is 7.94. The first-order valence-electron chi connectivity index (χ1n) is 10.9. The lowest BCUT2D eigenvalue weighted by atomic mass is 10.1. The van der Waals surface area contributed by atoms with Crippen LogP contribution in [0.3, 0.4) is 0 Å². The molecule has 0 bridgehead atoms. The summed E-state index contributed by atoms with van der Waals surface area (Å²) in [5, 5.41) is 12.8. The minimum Gasteiger partial charge on any atom is -0.490 e. The van der Waals surface area contributed by atoms with Crippen LogP contribution in [0.25, 0.3) is 11.1 Å². The number of nitrogens with zero attached hydrogens (tertiary/aromatic N) is 4. The van der Waals surface area contributed by atoms with Gasteiger partial charge in [-0.3, -0.25) is 4.90 Å². The number of amides is 1. The van der Waals surface area contributed by atoms with Crippen LogP contribution in [0.15, 0.2) is 60.9 Å². The predicted molar refractivity (Wildman–Crippen MR) is 123 cm³/mol. The summed E-state index contributed by atoms with van der Waals surface area (Å²) in [7, 11) is 0. The second-order valence-corrected chi connectivity index (χ2v) is 7.94. The van der Waals surface area contributed by atoms with E-state index in [9.17, 15) is 9.90 Å². The van der Waals surface area contributed by atoms with Gasteiger partial charge in [0.25, 0.3) is 0 Å². The van der Waals surface area contributed by atoms with Crippen LogP contribution in [0, 0.1) is 0 Å². The van der Waals surface area contributed by atoms with E-state index in [1.165, 1.54) is 4.90 Å². The molecule has 5 rings (SSSR count). The zero-order valence-electron chi connectivity index (χ0n) is 17.6. The van der Waals surface area contributed by atoms with E-state index in [0.29, 0.717) is 24.7 Å². The summed E-state index contributed by atoms with van der Waals surface area (Å²) in [5.74, 6) is 1.43. The molecule has 2 N–H and O–H groups in total. The van der Waals surface area contributed by atoms with Crippen LogP contribution < -0.4 is 19.9 Å². The highest BCUT2D eigenvalue weighted by Gasteiger charge is 2.28. The van der Waals surface area contributed by atoms with Gasteiger partial charge in [-0.1, -0.05) is 24.3 Å². The number of para-hydroxylation sites is 2. The fourth-order valence-electron chi connectivity index (χ4n) is 4.21. The van der Waals surface area contributed by atoms with Crippen LogP contribution in [0.4, 0.5) is 22.1 Å². The molecule has 8 heteroatoms. The lowest BCUT2D eigenvalue weighted by molar-refractivity contribution is 0.162. The van der Waals surface area contributed by atoms with Crippen molar-refractivity contribution in [1.29, 1.82) is 0 Å². The Balaban J connectivity index is 1.32. The van der Waals surface area contributed by atoms with Crippen molar-refractivity contribution >= 4 is 23.4 Å². The SMILES string of the molecule is O=C(O)N1CCN(c2ncc(-c3ccc(OC4CCNCC4)cc3)cn2)c2ccccc21. The van der Waals surface area contributed by atoms with E-state index >= 15 is 0 Å². The van der Waals surface area contributed by atoms with Gasteiger partial charge in [-0.05, 0) is 55.8 Å². The number of hydrogen-bond acceptors (Lipinski definition) is 6. The molecule has 1 saturated heterocycles. The number of carbonyl (C=O) groups is 1. The quantitative estimate of drug-likeness (QED) is 0.647. The van der Waals surface area contributed by atoms with Gasteiger partial charge >= 0.3 is 6.09 Å². The number of anilines is 3. The summed E-state index contributed by atoms with van der Waals surface area (Å²) >= 11 is 0. The first kappa shape index (κ1) is 20.3. The number of hydrogen-bond donors (Lipinski definition) is 2. The number of ether oxygens (including phenoxy) is 1. The van der Waals surface area contributed by atoms with E-state index in [0.717, 1.165) is 48.5 Å². The summed E-state index contributed by atoms with van der Waals surface area (Å²) in [5.41, 5.74) is 3.36. The molecule has 8 nitrogen and oxygen atoms in total. The number of piperidine rings is 1. The normalized spacial score (nSPS) is 16.5. The number of aromatic nitrogens is 2. The van der Waals surface area contributed by atoms with Gasteiger partial charge in [0.2, 0.25) is 5.95 Å². The summed E-state index contributed by atoms with van der Waals surface area (Å²) in [6.45, 7) is 2.85. The van der Waals surface area contributed by atoms with Gasteiger partial charge in [0.05, 0.1) is 11.4 Å². The highest BCUT2D eigenvalue weighted by atomic mass is 16.5. The van der Waals surface area contributed by atoms with Gasteiger partial charge in [0, 0.05) is 31.0 Å². The van der Waals surface area contributed by atoms with Crippen LogP contribution in [-0.2, 0) is 0 Å².